The molecule has 2 aliphatic rings. The first-order chi connectivity index (χ1) is 12.9. The van der Waals surface area contributed by atoms with Crippen LogP contribution in [-0.4, -0.2) is 47.1 Å². The van der Waals surface area contributed by atoms with E-state index >= 15 is 0 Å². The first kappa shape index (κ1) is 19.5. The molecule has 7 nitrogen and oxygen atoms in total. The van der Waals surface area contributed by atoms with Crippen molar-refractivity contribution in [2.75, 3.05) is 19.6 Å². The summed E-state index contributed by atoms with van der Waals surface area (Å²) in [5.41, 5.74) is 1.05. The van der Waals surface area contributed by atoms with Gasteiger partial charge in [-0.15, -0.1) is 0 Å². The predicted molar refractivity (Wildman–Crippen MR) is 104 cm³/mol. The van der Waals surface area contributed by atoms with Crippen molar-refractivity contribution in [3.05, 3.63) is 34.2 Å². The van der Waals surface area contributed by atoms with Crippen LogP contribution in [0, 0.1) is 11.8 Å². The fourth-order valence-corrected chi connectivity index (χ4v) is 4.18. The molecule has 0 aliphatic carbocycles. The molecular formula is C20H30N4O3. The van der Waals surface area contributed by atoms with E-state index in [1.54, 1.807) is 12.1 Å². The quantitative estimate of drug-likeness (QED) is 0.820. The third-order valence-corrected chi connectivity index (χ3v) is 5.54. The molecular weight excluding hydrogens is 344 g/mol. The molecule has 1 saturated heterocycles. The minimum absolute atomic E-state index is 0.00870. The molecule has 2 unspecified atom stereocenters. The zero-order valence-corrected chi connectivity index (χ0v) is 16.4. The smallest absolute Gasteiger partial charge is 0.318 e. The fourth-order valence-electron chi connectivity index (χ4n) is 4.18. The van der Waals surface area contributed by atoms with Crippen molar-refractivity contribution < 1.29 is 9.59 Å². The van der Waals surface area contributed by atoms with Crippen LogP contribution < -0.4 is 16.2 Å². The van der Waals surface area contributed by atoms with E-state index in [1.165, 1.54) is 0 Å². The van der Waals surface area contributed by atoms with Gasteiger partial charge in [-0.1, -0.05) is 26.8 Å². The van der Waals surface area contributed by atoms with Crippen molar-refractivity contribution in [2.24, 2.45) is 11.8 Å². The maximum atomic E-state index is 12.9. The van der Waals surface area contributed by atoms with E-state index in [0.29, 0.717) is 26.2 Å². The summed E-state index contributed by atoms with van der Waals surface area (Å²) in [6.45, 7) is 8.32. The minimum atomic E-state index is -0.541. The van der Waals surface area contributed by atoms with E-state index in [2.05, 4.69) is 10.6 Å². The van der Waals surface area contributed by atoms with Gasteiger partial charge < -0.3 is 20.1 Å². The van der Waals surface area contributed by atoms with Gasteiger partial charge in [0.05, 0.1) is 0 Å². The Morgan fingerprint density at radius 1 is 1.22 bits per heavy atom. The van der Waals surface area contributed by atoms with Crippen molar-refractivity contribution in [3.8, 4) is 0 Å². The normalized spacial score (nSPS) is 22.1. The van der Waals surface area contributed by atoms with Crippen LogP contribution in [0.2, 0.25) is 0 Å². The Hall–Kier alpha value is -2.31. The molecule has 7 heteroatoms. The van der Waals surface area contributed by atoms with Crippen molar-refractivity contribution in [1.29, 1.82) is 0 Å². The number of fused-ring (bicyclic) bond motifs is 4. The van der Waals surface area contributed by atoms with Crippen LogP contribution in [0.3, 0.4) is 0 Å². The Labute approximate surface area is 160 Å². The van der Waals surface area contributed by atoms with Crippen molar-refractivity contribution in [2.45, 2.75) is 52.1 Å². The van der Waals surface area contributed by atoms with E-state index in [9.17, 15) is 14.4 Å². The highest BCUT2D eigenvalue weighted by atomic mass is 16.2. The summed E-state index contributed by atoms with van der Waals surface area (Å²) in [5, 5.41) is 5.80. The SMILES string of the molecule is CCCNC(=O)[C@@H](NC(=O)N1CC2CC(C1)c1cccc(=O)n1C2)C(C)C. The molecule has 27 heavy (non-hydrogen) atoms. The summed E-state index contributed by atoms with van der Waals surface area (Å²) in [5.74, 6) is 0.320. The Morgan fingerprint density at radius 3 is 2.70 bits per heavy atom. The van der Waals surface area contributed by atoms with Gasteiger partial charge in [0, 0.05) is 43.9 Å². The zero-order valence-electron chi connectivity index (χ0n) is 16.4. The Balaban J connectivity index is 1.70. The monoisotopic (exact) mass is 374 g/mol. The van der Waals surface area contributed by atoms with Gasteiger partial charge in [-0.25, -0.2) is 4.79 Å². The molecule has 1 fully saturated rings. The van der Waals surface area contributed by atoms with Gasteiger partial charge in [0.15, 0.2) is 0 Å². The van der Waals surface area contributed by atoms with Crippen LogP contribution in [0.15, 0.2) is 23.0 Å². The summed E-state index contributed by atoms with van der Waals surface area (Å²) >= 11 is 0. The second-order valence-corrected chi connectivity index (χ2v) is 8.07. The molecule has 2 N–H and O–H groups in total. The van der Waals surface area contributed by atoms with Crippen LogP contribution in [0.5, 0.6) is 0 Å². The lowest BCUT2D eigenvalue weighted by atomic mass is 9.83. The van der Waals surface area contributed by atoms with Crippen molar-refractivity contribution in [1.82, 2.24) is 20.1 Å². The molecule has 1 aromatic rings. The number of carbonyl (C=O) groups excluding carboxylic acids is 2. The summed E-state index contributed by atoms with van der Waals surface area (Å²) < 4.78 is 1.85. The average molecular weight is 374 g/mol. The maximum absolute atomic E-state index is 12.9. The molecule has 0 spiro atoms. The van der Waals surface area contributed by atoms with Crippen LogP contribution in [-0.2, 0) is 11.3 Å². The van der Waals surface area contributed by atoms with Gasteiger partial charge >= 0.3 is 6.03 Å². The zero-order chi connectivity index (χ0) is 19.6. The largest absolute Gasteiger partial charge is 0.354 e. The summed E-state index contributed by atoms with van der Waals surface area (Å²) in [7, 11) is 0. The first-order valence-corrected chi connectivity index (χ1v) is 9.93. The van der Waals surface area contributed by atoms with E-state index in [0.717, 1.165) is 18.5 Å². The fraction of sp³-hybridized carbons (Fsp3) is 0.650. The molecule has 0 radical (unpaired) electrons. The number of piperidine rings is 1. The molecule has 1 aromatic heterocycles. The van der Waals surface area contributed by atoms with Gasteiger partial charge in [-0.2, -0.15) is 0 Å². The molecule has 2 bridgehead atoms. The van der Waals surface area contributed by atoms with E-state index in [4.69, 9.17) is 0 Å². The number of nitrogens with one attached hydrogen (secondary N) is 2. The Morgan fingerprint density at radius 2 is 2.00 bits per heavy atom. The van der Waals surface area contributed by atoms with E-state index < -0.39 is 6.04 Å². The van der Waals surface area contributed by atoms with Crippen molar-refractivity contribution >= 4 is 11.9 Å². The standard InChI is InChI=1S/C20H30N4O3/c1-4-8-21-19(26)18(13(2)3)22-20(27)23-10-14-9-15(12-23)16-6-5-7-17(25)24(16)11-14/h5-7,13-15,18H,4,8-12H2,1-3H3,(H,21,26)(H,22,27)/t14?,15?,18-/m0/s1. The van der Waals surface area contributed by atoms with E-state index in [1.807, 2.05) is 36.3 Å². The van der Waals surface area contributed by atoms with Gasteiger partial charge in [-0.05, 0) is 30.7 Å². The van der Waals surface area contributed by atoms with Gasteiger partial charge in [0.25, 0.3) is 5.56 Å². The third kappa shape index (κ3) is 4.17. The number of nitrogens with zero attached hydrogens (tertiary/aromatic N) is 2. The summed E-state index contributed by atoms with van der Waals surface area (Å²) in [6, 6.07) is 4.64. The number of rotatable bonds is 5. The summed E-state index contributed by atoms with van der Waals surface area (Å²) in [6.07, 6.45) is 1.86. The lowest BCUT2D eigenvalue weighted by Gasteiger charge is -2.43. The number of hydrogen-bond donors (Lipinski definition) is 2. The number of amides is 3. The van der Waals surface area contributed by atoms with Gasteiger partial charge in [0.2, 0.25) is 5.91 Å². The molecule has 3 atom stereocenters. The number of likely N-dealkylation sites (tertiary alicyclic amines) is 1. The van der Waals surface area contributed by atoms with E-state index in [-0.39, 0.29) is 35.3 Å². The van der Waals surface area contributed by atoms with Crippen LogP contribution in [0.4, 0.5) is 4.79 Å². The van der Waals surface area contributed by atoms with Gasteiger partial charge in [0.1, 0.15) is 6.04 Å². The minimum Gasteiger partial charge on any atom is -0.354 e. The first-order valence-electron chi connectivity index (χ1n) is 9.93. The molecule has 3 amide bonds. The van der Waals surface area contributed by atoms with Crippen LogP contribution >= 0.6 is 0 Å². The lowest BCUT2D eigenvalue weighted by Crippen LogP contribution is -2.57. The molecule has 148 valence electrons. The highest BCUT2D eigenvalue weighted by Crippen LogP contribution is 2.34. The lowest BCUT2D eigenvalue weighted by molar-refractivity contribution is -0.123. The second-order valence-electron chi connectivity index (χ2n) is 8.07. The topological polar surface area (TPSA) is 83.4 Å². The highest BCUT2D eigenvalue weighted by Gasteiger charge is 2.37. The number of hydrogen-bond acceptors (Lipinski definition) is 3. The Kier molecular flexibility index (Phi) is 5.87. The second kappa shape index (κ2) is 8.15. The van der Waals surface area contributed by atoms with Gasteiger partial charge in [-0.3, -0.25) is 9.59 Å². The third-order valence-electron chi connectivity index (χ3n) is 5.54. The van der Waals surface area contributed by atoms with Crippen LogP contribution in [0.1, 0.15) is 45.2 Å². The highest BCUT2D eigenvalue weighted by molar-refractivity contribution is 5.87. The Bertz CT molecular complexity index is 758. The van der Waals surface area contributed by atoms with Crippen molar-refractivity contribution in [3.63, 3.8) is 0 Å². The molecule has 3 heterocycles. The number of aromatic nitrogens is 1. The molecule has 3 rings (SSSR count). The number of carbonyl (C=O) groups is 2. The average Bonchev–Trinajstić information content (AvgIpc) is 2.64. The predicted octanol–water partition coefficient (Wildman–Crippen LogP) is 1.53. The molecule has 2 aliphatic heterocycles. The number of urea groups is 1. The summed E-state index contributed by atoms with van der Waals surface area (Å²) in [4.78, 5) is 39.2. The number of pyridine rings is 1. The maximum Gasteiger partial charge on any atom is 0.318 e. The molecule has 0 saturated carbocycles. The van der Waals surface area contributed by atoms with Crippen LogP contribution in [0.25, 0.3) is 0 Å². The molecule has 0 aromatic carbocycles.